The second kappa shape index (κ2) is 10.3. The van der Waals surface area contributed by atoms with Crippen molar-refractivity contribution in [1.29, 1.82) is 0 Å². The summed E-state index contributed by atoms with van der Waals surface area (Å²) in [6, 6.07) is 25.7. The fourth-order valence-corrected chi connectivity index (χ4v) is 3.48. The van der Waals surface area contributed by atoms with Gasteiger partial charge in [0.15, 0.2) is 18.1 Å². The third-order valence-corrected chi connectivity index (χ3v) is 4.92. The Morgan fingerprint density at radius 2 is 1.62 bits per heavy atom. The standard InChI is InChI=1S/C26H25N3O3/c1-2-31-24-14-8-9-15-25(24)32-19-26(30)28-27-16-21-18-29(17-20-10-4-3-5-11-20)23-13-7-6-12-22(21)23/h3-16,18H,2,17,19H2,1H3,(H,28,30). The minimum atomic E-state index is -0.347. The number of amides is 1. The zero-order valence-corrected chi connectivity index (χ0v) is 17.9. The highest BCUT2D eigenvalue weighted by molar-refractivity contribution is 5.99. The Labute approximate surface area is 187 Å². The third kappa shape index (κ3) is 5.16. The van der Waals surface area contributed by atoms with Crippen LogP contribution in [-0.4, -0.2) is 29.9 Å². The molecule has 4 aromatic rings. The van der Waals surface area contributed by atoms with E-state index in [1.165, 1.54) is 5.56 Å². The number of carbonyl (C=O) groups excluding carboxylic acids is 1. The summed E-state index contributed by atoms with van der Waals surface area (Å²) < 4.78 is 13.3. The normalized spacial score (nSPS) is 11.0. The Kier molecular flexibility index (Phi) is 6.82. The van der Waals surface area contributed by atoms with Crippen LogP contribution in [0.1, 0.15) is 18.1 Å². The Morgan fingerprint density at radius 1 is 0.938 bits per heavy atom. The number of benzene rings is 3. The molecule has 0 aliphatic carbocycles. The van der Waals surface area contributed by atoms with Crippen LogP contribution < -0.4 is 14.9 Å². The quantitative estimate of drug-likeness (QED) is 0.313. The predicted molar refractivity (Wildman–Crippen MR) is 126 cm³/mol. The number of nitrogens with zero attached hydrogens (tertiary/aromatic N) is 2. The smallest absolute Gasteiger partial charge is 0.277 e. The highest BCUT2D eigenvalue weighted by Crippen LogP contribution is 2.26. The average Bonchev–Trinajstić information content (AvgIpc) is 3.17. The molecule has 1 heterocycles. The van der Waals surface area contributed by atoms with Gasteiger partial charge in [-0.05, 0) is 30.7 Å². The molecular formula is C26H25N3O3. The van der Waals surface area contributed by atoms with E-state index < -0.39 is 0 Å². The maximum Gasteiger partial charge on any atom is 0.277 e. The van der Waals surface area contributed by atoms with Crippen molar-refractivity contribution in [1.82, 2.24) is 9.99 Å². The monoisotopic (exact) mass is 427 g/mol. The van der Waals surface area contributed by atoms with Gasteiger partial charge in [0.1, 0.15) is 0 Å². The topological polar surface area (TPSA) is 64.8 Å². The molecule has 0 radical (unpaired) electrons. The predicted octanol–water partition coefficient (Wildman–Crippen LogP) is 4.62. The zero-order chi connectivity index (χ0) is 22.2. The Hall–Kier alpha value is -4.06. The summed E-state index contributed by atoms with van der Waals surface area (Å²) in [5.74, 6) is 0.788. The minimum absolute atomic E-state index is 0.156. The maximum atomic E-state index is 12.2. The molecule has 0 bridgehead atoms. The fourth-order valence-electron chi connectivity index (χ4n) is 3.48. The number of hydrazone groups is 1. The van der Waals surface area contributed by atoms with E-state index >= 15 is 0 Å². The molecule has 32 heavy (non-hydrogen) atoms. The number of carbonyl (C=O) groups is 1. The second-order valence-electron chi connectivity index (χ2n) is 7.18. The Bertz CT molecular complexity index is 1220. The molecule has 0 fully saturated rings. The molecule has 6 heteroatoms. The summed E-state index contributed by atoms with van der Waals surface area (Å²) in [6.45, 7) is 3.02. The van der Waals surface area contributed by atoms with Gasteiger partial charge in [-0.2, -0.15) is 5.10 Å². The number of hydrogen-bond acceptors (Lipinski definition) is 4. The van der Waals surface area contributed by atoms with E-state index in [1.807, 2.05) is 61.7 Å². The first-order valence-electron chi connectivity index (χ1n) is 10.5. The van der Waals surface area contributed by atoms with Gasteiger partial charge in [0.25, 0.3) is 5.91 Å². The van der Waals surface area contributed by atoms with Crippen molar-refractivity contribution in [3.8, 4) is 11.5 Å². The summed E-state index contributed by atoms with van der Waals surface area (Å²) >= 11 is 0. The molecule has 0 spiro atoms. The zero-order valence-electron chi connectivity index (χ0n) is 17.9. The summed E-state index contributed by atoms with van der Waals surface area (Å²) in [5, 5.41) is 5.21. The molecular weight excluding hydrogens is 402 g/mol. The number of aromatic nitrogens is 1. The van der Waals surface area contributed by atoms with Crippen LogP contribution in [0, 0.1) is 0 Å². The van der Waals surface area contributed by atoms with E-state index in [1.54, 1.807) is 18.3 Å². The summed E-state index contributed by atoms with van der Waals surface area (Å²) in [7, 11) is 0. The van der Waals surface area contributed by atoms with Crippen LogP contribution in [0.4, 0.5) is 0 Å². The molecule has 0 aliphatic heterocycles. The molecule has 162 valence electrons. The van der Waals surface area contributed by atoms with Crippen LogP contribution in [0.5, 0.6) is 11.5 Å². The molecule has 1 amide bonds. The largest absolute Gasteiger partial charge is 0.490 e. The van der Waals surface area contributed by atoms with E-state index in [0.717, 1.165) is 23.0 Å². The molecule has 0 aliphatic rings. The van der Waals surface area contributed by atoms with Crippen molar-refractivity contribution in [2.45, 2.75) is 13.5 Å². The van der Waals surface area contributed by atoms with E-state index in [4.69, 9.17) is 9.47 Å². The number of fused-ring (bicyclic) bond motifs is 1. The first-order valence-corrected chi connectivity index (χ1v) is 10.5. The minimum Gasteiger partial charge on any atom is -0.490 e. The summed E-state index contributed by atoms with van der Waals surface area (Å²) in [6.07, 6.45) is 3.71. The van der Waals surface area contributed by atoms with Crippen molar-refractivity contribution < 1.29 is 14.3 Å². The molecule has 0 atom stereocenters. The van der Waals surface area contributed by atoms with Gasteiger partial charge in [0.05, 0.1) is 12.8 Å². The lowest BCUT2D eigenvalue weighted by Gasteiger charge is -2.10. The van der Waals surface area contributed by atoms with Gasteiger partial charge in [-0.25, -0.2) is 5.43 Å². The number of hydrogen-bond donors (Lipinski definition) is 1. The van der Waals surface area contributed by atoms with Crippen LogP contribution in [0.15, 0.2) is 90.2 Å². The third-order valence-electron chi connectivity index (χ3n) is 4.92. The lowest BCUT2D eigenvalue weighted by Crippen LogP contribution is -2.24. The van der Waals surface area contributed by atoms with E-state index in [2.05, 4.69) is 33.3 Å². The fraction of sp³-hybridized carbons (Fsp3) is 0.154. The lowest BCUT2D eigenvalue weighted by atomic mass is 10.2. The van der Waals surface area contributed by atoms with Gasteiger partial charge < -0.3 is 14.0 Å². The van der Waals surface area contributed by atoms with Gasteiger partial charge in [-0.3, -0.25) is 4.79 Å². The first-order chi connectivity index (χ1) is 15.7. The lowest BCUT2D eigenvalue weighted by molar-refractivity contribution is -0.123. The molecule has 4 rings (SSSR count). The number of ether oxygens (including phenoxy) is 2. The summed E-state index contributed by atoms with van der Waals surface area (Å²) in [5.41, 5.74) is 5.79. The first kappa shape index (κ1) is 21.2. The second-order valence-corrected chi connectivity index (χ2v) is 7.18. The number of para-hydroxylation sites is 3. The van der Waals surface area contributed by atoms with Gasteiger partial charge in [-0.15, -0.1) is 0 Å². The van der Waals surface area contributed by atoms with E-state index in [0.29, 0.717) is 18.1 Å². The van der Waals surface area contributed by atoms with E-state index in [9.17, 15) is 4.79 Å². The van der Waals surface area contributed by atoms with E-state index in [-0.39, 0.29) is 12.5 Å². The van der Waals surface area contributed by atoms with Crippen LogP contribution in [0.25, 0.3) is 10.9 Å². The van der Waals surface area contributed by atoms with Crippen molar-refractivity contribution in [2.24, 2.45) is 5.10 Å². The van der Waals surface area contributed by atoms with Crippen LogP contribution in [0.2, 0.25) is 0 Å². The summed E-state index contributed by atoms with van der Waals surface area (Å²) in [4.78, 5) is 12.2. The number of rotatable bonds is 9. The maximum absolute atomic E-state index is 12.2. The SMILES string of the molecule is CCOc1ccccc1OCC(=O)NN=Cc1cn(Cc2ccccc2)c2ccccc12. The van der Waals surface area contributed by atoms with Crippen molar-refractivity contribution in [2.75, 3.05) is 13.2 Å². The molecule has 0 saturated heterocycles. The van der Waals surface area contributed by atoms with Crippen molar-refractivity contribution in [3.05, 3.63) is 96.2 Å². The van der Waals surface area contributed by atoms with Crippen LogP contribution in [0.3, 0.4) is 0 Å². The molecule has 3 aromatic carbocycles. The molecule has 0 saturated carbocycles. The van der Waals surface area contributed by atoms with Gasteiger partial charge in [0.2, 0.25) is 0 Å². The molecule has 0 unspecified atom stereocenters. The van der Waals surface area contributed by atoms with Crippen LogP contribution in [-0.2, 0) is 11.3 Å². The molecule has 6 nitrogen and oxygen atoms in total. The average molecular weight is 428 g/mol. The highest BCUT2D eigenvalue weighted by atomic mass is 16.5. The van der Waals surface area contributed by atoms with Gasteiger partial charge in [0, 0.05) is 29.2 Å². The highest BCUT2D eigenvalue weighted by Gasteiger charge is 2.09. The van der Waals surface area contributed by atoms with Gasteiger partial charge >= 0.3 is 0 Å². The number of nitrogens with one attached hydrogen (secondary N) is 1. The van der Waals surface area contributed by atoms with Gasteiger partial charge in [-0.1, -0.05) is 60.7 Å². The van der Waals surface area contributed by atoms with Crippen molar-refractivity contribution >= 4 is 23.0 Å². The molecule has 1 N–H and O–H groups in total. The Balaban J connectivity index is 1.41. The molecule has 1 aromatic heterocycles. The Morgan fingerprint density at radius 3 is 2.41 bits per heavy atom. The van der Waals surface area contributed by atoms with Crippen LogP contribution >= 0.6 is 0 Å². The van der Waals surface area contributed by atoms with Crippen molar-refractivity contribution in [3.63, 3.8) is 0 Å².